The lowest BCUT2D eigenvalue weighted by molar-refractivity contribution is 0.124. The minimum Gasteiger partial charge on any atom is -0.386 e. The predicted molar refractivity (Wildman–Crippen MR) is 71.6 cm³/mol. The highest BCUT2D eigenvalue weighted by molar-refractivity contribution is 6.64. The minimum absolute atomic E-state index is 0.462. The molecule has 0 aromatic heterocycles. The molecule has 0 atom stereocenters. The summed E-state index contributed by atoms with van der Waals surface area (Å²) in [7, 11) is 1.40. The fourth-order valence-electron chi connectivity index (χ4n) is 2.41. The monoisotopic (exact) mass is 247 g/mol. The van der Waals surface area contributed by atoms with Gasteiger partial charge in [0.05, 0.1) is 0 Å². The van der Waals surface area contributed by atoms with Crippen LogP contribution in [-0.4, -0.2) is 39.6 Å². The van der Waals surface area contributed by atoms with E-state index in [4.69, 9.17) is 8.85 Å². The van der Waals surface area contributed by atoms with Gasteiger partial charge in [-0.2, -0.15) is 0 Å². The van der Waals surface area contributed by atoms with Crippen LogP contribution in [0.3, 0.4) is 0 Å². The summed E-state index contributed by atoms with van der Waals surface area (Å²) in [5.41, 5.74) is 0. The molecule has 0 aliphatic heterocycles. The maximum atomic E-state index is 5.82. The summed E-state index contributed by atoms with van der Waals surface area (Å²) < 4.78 is 14.1. The van der Waals surface area contributed by atoms with E-state index in [1.807, 2.05) is 0 Å². The van der Waals surface area contributed by atoms with Crippen LogP contribution >= 0.6 is 0 Å². The first-order valence-electron chi connectivity index (χ1n) is 6.33. The Balaban J connectivity index is 4.94. The second kappa shape index (κ2) is 7.43. The Hall–Kier alpha value is 0.0969. The van der Waals surface area contributed by atoms with Gasteiger partial charge in [-0.15, -0.1) is 0 Å². The lowest BCUT2D eigenvalue weighted by Crippen LogP contribution is -2.62. The zero-order chi connectivity index (χ0) is 12.8. The molecule has 3 nitrogen and oxygen atoms in total. The number of nitrogens with zero attached hydrogens (tertiary/aromatic N) is 1. The molecular weight excluding hydrogens is 218 g/mol. The molecule has 0 fully saturated rings. The maximum absolute atomic E-state index is 5.82. The van der Waals surface area contributed by atoms with Crippen molar-refractivity contribution in [1.82, 2.24) is 4.57 Å². The Bertz CT molecular complexity index is 174. The Morgan fingerprint density at radius 3 is 1.69 bits per heavy atom. The topological polar surface area (TPSA) is 21.7 Å². The lowest BCUT2D eigenvalue weighted by Gasteiger charge is -2.43. The van der Waals surface area contributed by atoms with Crippen molar-refractivity contribution < 1.29 is 8.85 Å². The van der Waals surface area contributed by atoms with E-state index in [-0.39, 0.29) is 0 Å². The van der Waals surface area contributed by atoms with Crippen LogP contribution in [0.2, 0.25) is 6.04 Å². The van der Waals surface area contributed by atoms with E-state index in [9.17, 15) is 0 Å². The zero-order valence-electron chi connectivity index (χ0n) is 12.0. The summed E-state index contributed by atoms with van der Waals surface area (Å²) in [6.45, 7) is 11.1. The van der Waals surface area contributed by atoms with Crippen molar-refractivity contribution in [1.29, 1.82) is 0 Å². The van der Waals surface area contributed by atoms with E-state index in [1.54, 1.807) is 14.2 Å². The fraction of sp³-hybridized carbons (Fsp3) is 1.00. The van der Waals surface area contributed by atoms with Crippen LogP contribution in [0.5, 0.6) is 0 Å². The average Bonchev–Trinajstić information content (AvgIpc) is 2.23. The van der Waals surface area contributed by atoms with Crippen molar-refractivity contribution in [2.24, 2.45) is 0 Å². The molecule has 0 aromatic carbocycles. The van der Waals surface area contributed by atoms with Crippen LogP contribution in [0.4, 0.5) is 0 Å². The standard InChI is InChI=1S/C12H29NO2Si/c1-8-9-10-16(14-6,15-7)13(11(2)3)12(4)5/h11-12H,8-10H2,1-7H3. The van der Waals surface area contributed by atoms with Crippen molar-refractivity contribution in [3.05, 3.63) is 0 Å². The highest BCUT2D eigenvalue weighted by atomic mass is 28.4. The van der Waals surface area contributed by atoms with E-state index in [0.717, 1.165) is 6.04 Å². The first-order chi connectivity index (χ1) is 7.45. The third-order valence-electron chi connectivity index (χ3n) is 2.99. The Labute approximate surface area is 102 Å². The number of hydrogen-bond donors (Lipinski definition) is 0. The maximum Gasteiger partial charge on any atom is 0.427 e. The summed E-state index contributed by atoms with van der Waals surface area (Å²) >= 11 is 0. The number of rotatable bonds is 8. The lowest BCUT2D eigenvalue weighted by atomic mass is 10.3. The van der Waals surface area contributed by atoms with Crippen molar-refractivity contribution in [3.63, 3.8) is 0 Å². The average molecular weight is 247 g/mol. The van der Waals surface area contributed by atoms with Gasteiger partial charge < -0.3 is 8.85 Å². The van der Waals surface area contributed by atoms with E-state index < -0.39 is 8.72 Å². The predicted octanol–water partition coefficient (Wildman–Crippen LogP) is 3.14. The van der Waals surface area contributed by atoms with Gasteiger partial charge in [-0.05, 0) is 0 Å². The number of hydrogen-bond acceptors (Lipinski definition) is 3. The summed E-state index contributed by atoms with van der Waals surface area (Å²) in [6, 6.07) is 1.97. The van der Waals surface area contributed by atoms with Gasteiger partial charge in [-0.25, -0.2) is 0 Å². The smallest absolute Gasteiger partial charge is 0.386 e. The fourth-order valence-corrected chi connectivity index (χ4v) is 6.04. The van der Waals surface area contributed by atoms with Gasteiger partial charge in [0.25, 0.3) is 0 Å². The molecule has 0 saturated heterocycles. The molecule has 0 bridgehead atoms. The molecular formula is C12H29NO2Si. The number of unbranched alkanes of at least 4 members (excludes halogenated alkanes) is 1. The van der Waals surface area contributed by atoms with Gasteiger partial charge in [0.2, 0.25) is 0 Å². The van der Waals surface area contributed by atoms with E-state index in [2.05, 4.69) is 39.2 Å². The normalized spacial score (nSPS) is 13.1. The summed E-state index contributed by atoms with van der Waals surface area (Å²) in [5.74, 6) is 0. The Morgan fingerprint density at radius 1 is 1.00 bits per heavy atom. The molecule has 98 valence electrons. The van der Waals surface area contributed by atoms with Gasteiger partial charge in [-0.3, -0.25) is 4.57 Å². The highest BCUT2D eigenvalue weighted by Crippen LogP contribution is 2.25. The first kappa shape index (κ1) is 16.1. The van der Waals surface area contributed by atoms with Gasteiger partial charge in [-0.1, -0.05) is 47.5 Å². The Morgan fingerprint density at radius 2 is 1.44 bits per heavy atom. The molecule has 0 aliphatic rings. The minimum atomic E-state index is -2.19. The van der Waals surface area contributed by atoms with Crippen LogP contribution in [0.25, 0.3) is 0 Å². The van der Waals surface area contributed by atoms with Gasteiger partial charge in [0, 0.05) is 32.3 Å². The summed E-state index contributed by atoms with van der Waals surface area (Å²) in [6.07, 6.45) is 2.36. The quantitative estimate of drug-likeness (QED) is 0.615. The molecule has 0 unspecified atom stereocenters. The van der Waals surface area contributed by atoms with Crippen molar-refractivity contribution >= 4 is 8.72 Å². The second-order valence-corrected chi connectivity index (χ2v) is 8.08. The third-order valence-corrected chi connectivity index (χ3v) is 7.07. The molecule has 0 aromatic rings. The molecule has 0 amide bonds. The molecule has 0 radical (unpaired) electrons. The van der Waals surface area contributed by atoms with Crippen LogP contribution in [0, 0.1) is 0 Å². The van der Waals surface area contributed by atoms with Crippen LogP contribution in [0.15, 0.2) is 0 Å². The molecule has 0 saturated carbocycles. The summed E-state index contributed by atoms with van der Waals surface area (Å²) in [5, 5.41) is 0. The van der Waals surface area contributed by atoms with Crippen LogP contribution < -0.4 is 0 Å². The molecule has 0 rings (SSSR count). The van der Waals surface area contributed by atoms with Gasteiger partial charge in [0.1, 0.15) is 0 Å². The van der Waals surface area contributed by atoms with Gasteiger partial charge in [0.15, 0.2) is 0 Å². The van der Waals surface area contributed by atoms with Crippen LogP contribution in [-0.2, 0) is 8.85 Å². The van der Waals surface area contributed by atoms with Crippen LogP contribution in [0.1, 0.15) is 47.5 Å². The first-order valence-corrected chi connectivity index (χ1v) is 8.31. The largest absolute Gasteiger partial charge is 0.427 e. The van der Waals surface area contributed by atoms with Gasteiger partial charge >= 0.3 is 8.72 Å². The third kappa shape index (κ3) is 3.84. The second-order valence-electron chi connectivity index (χ2n) is 4.82. The molecule has 0 N–H and O–H groups in total. The highest BCUT2D eigenvalue weighted by Gasteiger charge is 2.45. The van der Waals surface area contributed by atoms with E-state index in [1.165, 1.54) is 12.8 Å². The SMILES string of the molecule is CCCC[Si](OC)(OC)N(C(C)C)C(C)C. The molecule has 4 heteroatoms. The Kier molecular flexibility index (Phi) is 7.47. The van der Waals surface area contributed by atoms with Crippen molar-refractivity contribution in [2.75, 3.05) is 14.2 Å². The molecule has 0 aliphatic carbocycles. The molecule has 0 heterocycles. The van der Waals surface area contributed by atoms with Crippen molar-refractivity contribution in [2.45, 2.75) is 65.6 Å². The van der Waals surface area contributed by atoms with E-state index in [0.29, 0.717) is 12.1 Å². The zero-order valence-corrected chi connectivity index (χ0v) is 13.0. The molecule has 0 spiro atoms. The van der Waals surface area contributed by atoms with E-state index >= 15 is 0 Å². The molecule has 16 heavy (non-hydrogen) atoms. The van der Waals surface area contributed by atoms with Crippen molar-refractivity contribution in [3.8, 4) is 0 Å². The summed E-state index contributed by atoms with van der Waals surface area (Å²) in [4.78, 5) is 0.